The van der Waals surface area contributed by atoms with Gasteiger partial charge in [-0.15, -0.1) is 0 Å². The molecule has 0 radical (unpaired) electrons. The quantitative estimate of drug-likeness (QED) is 0.284. The molecule has 3 aliphatic heterocycles. The first kappa shape index (κ1) is 34.2. The van der Waals surface area contributed by atoms with Gasteiger partial charge in [-0.3, -0.25) is 29.0 Å². The maximum absolute atomic E-state index is 14.4. The van der Waals surface area contributed by atoms with Crippen LogP contribution in [0.5, 0.6) is 17.2 Å². The zero-order valence-corrected chi connectivity index (χ0v) is 27.5. The minimum atomic E-state index is -1.05. The molecule has 11 nitrogen and oxygen atoms in total. The zero-order chi connectivity index (χ0) is 33.8. The van der Waals surface area contributed by atoms with E-state index in [0.29, 0.717) is 34.1 Å². The van der Waals surface area contributed by atoms with Gasteiger partial charge in [0, 0.05) is 49.6 Å². The average Bonchev–Trinajstić information content (AvgIpc) is 3.74. The fourth-order valence-corrected chi connectivity index (χ4v) is 7.34. The summed E-state index contributed by atoms with van der Waals surface area (Å²) in [6.07, 6.45) is 3.63. The lowest BCUT2D eigenvalue weighted by Crippen LogP contribution is -2.48. The maximum Gasteiger partial charge on any atom is 0.308 e. The average molecular weight is 654 g/mol. The van der Waals surface area contributed by atoms with Crippen LogP contribution in [0.3, 0.4) is 0 Å². The highest BCUT2D eigenvalue weighted by atomic mass is 19.1. The van der Waals surface area contributed by atoms with Gasteiger partial charge in [0.05, 0.1) is 19.6 Å². The summed E-state index contributed by atoms with van der Waals surface area (Å²) in [5.41, 5.74) is 1.68. The van der Waals surface area contributed by atoms with Crippen molar-refractivity contribution in [2.45, 2.75) is 83.7 Å². The molecular formula is C35H44FN3O8. The second-order valence-corrected chi connectivity index (χ2v) is 12.6. The summed E-state index contributed by atoms with van der Waals surface area (Å²) >= 11 is 0. The maximum atomic E-state index is 14.4. The van der Waals surface area contributed by atoms with Gasteiger partial charge < -0.3 is 24.2 Å². The van der Waals surface area contributed by atoms with Crippen molar-refractivity contribution in [3.63, 3.8) is 0 Å². The Morgan fingerprint density at radius 2 is 1.79 bits per heavy atom. The predicted octanol–water partition coefficient (Wildman–Crippen LogP) is 4.88. The largest absolute Gasteiger partial charge is 0.493 e. The Morgan fingerprint density at radius 1 is 1.09 bits per heavy atom. The number of likely N-dealkylation sites (tertiary alicyclic amines) is 2. The molecule has 0 aromatic heterocycles. The number of amides is 3. The molecule has 2 aromatic rings. The lowest BCUT2D eigenvalue weighted by Gasteiger charge is -2.35. The summed E-state index contributed by atoms with van der Waals surface area (Å²) in [4.78, 5) is 57.2. The molecule has 3 aliphatic rings. The highest BCUT2D eigenvalue weighted by Gasteiger charge is 2.48. The fraction of sp³-hybridized carbons (Fsp3) is 0.543. The van der Waals surface area contributed by atoms with Crippen LogP contribution in [0.25, 0.3) is 0 Å². The monoisotopic (exact) mass is 653 g/mol. The van der Waals surface area contributed by atoms with Crippen molar-refractivity contribution in [1.29, 1.82) is 0 Å². The third-order valence-corrected chi connectivity index (χ3v) is 9.58. The van der Waals surface area contributed by atoms with Crippen LogP contribution in [0, 0.1) is 18.7 Å². The Labute approximate surface area is 274 Å². The lowest BCUT2D eigenvalue weighted by molar-refractivity contribution is -0.143. The van der Waals surface area contributed by atoms with Gasteiger partial charge in [0.2, 0.25) is 30.3 Å². The van der Waals surface area contributed by atoms with Crippen molar-refractivity contribution in [3.8, 4) is 17.2 Å². The number of imide groups is 1. The van der Waals surface area contributed by atoms with Crippen LogP contribution in [0.4, 0.5) is 10.1 Å². The van der Waals surface area contributed by atoms with E-state index in [1.165, 1.54) is 18.1 Å². The SMILES string of the molecule is CCCC(CCC)N(C(=O)CN1C[C@H](c2cc(OC)c3c(c2)OCO3)[C@H](C(=O)O)[C@H]1CCN1C(=O)CCC1=O)c1ccc(F)c(C)c1. The number of benzene rings is 2. The van der Waals surface area contributed by atoms with E-state index in [-0.39, 0.29) is 75.3 Å². The van der Waals surface area contributed by atoms with Gasteiger partial charge in [-0.05, 0) is 67.6 Å². The van der Waals surface area contributed by atoms with Gasteiger partial charge in [-0.2, -0.15) is 0 Å². The van der Waals surface area contributed by atoms with E-state index < -0.39 is 23.8 Å². The third kappa shape index (κ3) is 7.07. The Hall–Kier alpha value is -4.19. The van der Waals surface area contributed by atoms with Gasteiger partial charge in [-0.1, -0.05) is 26.7 Å². The summed E-state index contributed by atoms with van der Waals surface area (Å²) in [6.45, 7) is 5.97. The number of ether oxygens (including phenoxy) is 3. The molecule has 3 atom stereocenters. The predicted molar refractivity (Wildman–Crippen MR) is 171 cm³/mol. The number of hydrogen-bond acceptors (Lipinski definition) is 8. The molecule has 3 amide bonds. The summed E-state index contributed by atoms with van der Waals surface area (Å²) < 4.78 is 31.1. The second-order valence-electron chi connectivity index (χ2n) is 12.6. The number of hydrogen-bond donors (Lipinski definition) is 1. The Morgan fingerprint density at radius 3 is 2.40 bits per heavy atom. The van der Waals surface area contributed by atoms with E-state index in [9.17, 15) is 28.7 Å². The number of aryl methyl sites for hydroxylation is 1. The Balaban J connectivity index is 1.52. The van der Waals surface area contributed by atoms with Crippen molar-refractivity contribution in [2.24, 2.45) is 5.92 Å². The van der Waals surface area contributed by atoms with Gasteiger partial charge in [0.15, 0.2) is 11.5 Å². The first-order valence-corrected chi connectivity index (χ1v) is 16.4. The molecule has 12 heteroatoms. The highest BCUT2D eigenvalue weighted by Crippen LogP contribution is 2.47. The molecule has 47 heavy (non-hydrogen) atoms. The fourth-order valence-electron chi connectivity index (χ4n) is 7.34. The van der Waals surface area contributed by atoms with Crippen molar-refractivity contribution >= 4 is 29.4 Å². The molecule has 0 bridgehead atoms. The molecule has 0 spiro atoms. The van der Waals surface area contributed by atoms with Gasteiger partial charge in [0.25, 0.3) is 0 Å². The molecule has 5 rings (SSSR count). The Kier molecular flexibility index (Phi) is 10.7. The first-order chi connectivity index (χ1) is 22.6. The molecule has 3 heterocycles. The van der Waals surface area contributed by atoms with E-state index in [2.05, 4.69) is 13.8 Å². The van der Waals surface area contributed by atoms with E-state index >= 15 is 0 Å². The molecule has 0 saturated carbocycles. The van der Waals surface area contributed by atoms with Gasteiger partial charge >= 0.3 is 5.97 Å². The number of carbonyl (C=O) groups is 4. The van der Waals surface area contributed by atoms with Crippen LogP contribution in [-0.2, 0) is 19.2 Å². The van der Waals surface area contributed by atoms with Crippen molar-refractivity contribution < 1.29 is 42.9 Å². The van der Waals surface area contributed by atoms with E-state index in [1.54, 1.807) is 36.1 Å². The van der Waals surface area contributed by atoms with E-state index in [1.807, 2.05) is 4.90 Å². The number of carboxylic acids is 1. The van der Waals surface area contributed by atoms with Crippen molar-refractivity contribution in [1.82, 2.24) is 9.80 Å². The van der Waals surface area contributed by atoms with Gasteiger partial charge in [0.1, 0.15) is 5.82 Å². The van der Waals surface area contributed by atoms with Crippen LogP contribution in [0.15, 0.2) is 30.3 Å². The highest BCUT2D eigenvalue weighted by molar-refractivity contribution is 6.02. The molecule has 0 aliphatic carbocycles. The zero-order valence-electron chi connectivity index (χ0n) is 27.5. The lowest BCUT2D eigenvalue weighted by atomic mass is 9.84. The summed E-state index contributed by atoms with van der Waals surface area (Å²) in [5, 5.41) is 10.7. The number of fused-ring (bicyclic) bond motifs is 1. The number of carbonyl (C=O) groups excluding carboxylic acids is 3. The number of aliphatic carboxylic acids is 1. The summed E-state index contributed by atoms with van der Waals surface area (Å²) in [7, 11) is 1.50. The van der Waals surface area contributed by atoms with Crippen LogP contribution in [0.1, 0.15) is 75.8 Å². The first-order valence-electron chi connectivity index (χ1n) is 16.4. The minimum Gasteiger partial charge on any atom is -0.493 e. The standard InChI is InChI=1S/C35H44FN3O8/c1-5-7-23(8-6-2)39(24-9-10-26(36)21(3)15-24)32(42)19-37-18-25(22-16-28(45-4)34-29(17-22)46-20-47-34)33(35(43)44)27(37)13-14-38-30(40)11-12-31(38)41/h9-10,15-17,23,25,27,33H,5-8,11-14,18-20H2,1-4H3,(H,43,44)/t25-,27-,33+/m1/s1. The Bertz CT molecular complexity index is 1490. The topological polar surface area (TPSA) is 126 Å². The molecule has 2 saturated heterocycles. The van der Waals surface area contributed by atoms with E-state index in [4.69, 9.17) is 14.2 Å². The van der Waals surface area contributed by atoms with Crippen LogP contribution in [-0.4, -0.2) is 84.2 Å². The van der Waals surface area contributed by atoms with E-state index in [0.717, 1.165) is 25.7 Å². The normalized spacial score (nSPS) is 20.8. The number of nitrogens with zero attached hydrogens (tertiary/aromatic N) is 3. The summed E-state index contributed by atoms with van der Waals surface area (Å²) in [5.74, 6) is -2.42. The van der Waals surface area contributed by atoms with Crippen LogP contribution < -0.4 is 19.1 Å². The van der Waals surface area contributed by atoms with Crippen LogP contribution >= 0.6 is 0 Å². The number of anilines is 1. The molecule has 1 N–H and O–H groups in total. The molecule has 254 valence electrons. The molecular weight excluding hydrogens is 609 g/mol. The minimum absolute atomic E-state index is 0.0126. The molecule has 2 aromatic carbocycles. The second kappa shape index (κ2) is 14.7. The number of halogens is 1. The summed E-state index contributed by atoms with van der Waals surface area (Å²) in [6, 6.07) is 7.36. The molecule has 2 fully saturated rings. The van der Waals surface area contributed by atoms with Crippen LogP contribution in [0.2, 0.25) is 0 Å². The number of rotatable bonds is 14. The third-order valence-electron chi connectivity index (χ3n) is 9.58. The molecule has 0 unspecified atom stereocenters. The van der Waals surface area contributed by atoms with Crippen molar-refractivity contribution in [2.75, 3.05) is 38.4 Å². The van der Waals surface area contributed by atoms with Gasteiger partial charge in [-0.25, -0.2) is 4.39 Å². The van der Waals surface area contributed by atoms with Crippen molar-refractivity contribution in [3.05, 3.63) is 47.3 Å². The number of methoxy groups -OCH3 is 1. The smallest absolute Gasteiger partial charge is 0.308 e. The number of carboxylic acid groups (broad SMARTS) is 1.